The van der Waals surface area contributed by atoms with Gasteiger partial charge in [0.1, 0.15) is 5.75 Å². The second-order valence-corrected chi connectivity index (χ2v) is 4.71. The molecule has 0 radical (unpaired) electrons. The zero-order chi connectivity index (χ0) is 12.4. The van der Waals surface area contributed by atoms with Gasteiger partial charge in [-0.1, -0.05) is 15.9 Å². The van der Waals surface area contributed by atoms with Crippen LogP contribution in [0.25, 0.3) is 5.69 Å². The van der Waals surface area contributed by atoms with Gasteiger partial charge in [0.15, 0.2) is 0 Å². The van der Waals surface area contributed by atoms with E-state index in [0.717, 1.165) is 21.6 Å². The maximum absolute atomic E-state index is 5.91. The Balaban J connectivity index is 2.59. The first-order chi connectivity index (χ1) is 8.13. The van der Waals surface area contributed by atoms with E-state index in [4.69, 9.17) is 10.5 Å². The van der Waals surface area contributed by atoms with Crippen molar-refractivity contribution in [3.05, 3.63) is 40.9 Å². The van der Waals surface area contributed by atoms with Crippen LogP contribution < -0.4 is 10.5 Å². The van der Waals surface area contributed by atoms with Gasteiger partial charge < -0.3 is 10.5 Å². The first-order valence-electron chi connectivity index (χ1n) is 5.25. The van der Waals surface area contributed by atoms with E-state index in [9.17, 15) is 0 Å². The fourth-order valence-electron chi connectivity index (χ4n) is 1.69. The summed E-state index contributed by atoms with van der Waals surface area (Å²) in [6.07, 6.45) is 3.51. The van der Waals surface area contributed by atoms with E-state index in [-0.39, 0.29) is 6.04 Å². The molecule has 2 rings (SSSR count). The highest BCUT2D eigenvalue weighted by atomic mass is 79.9. The summed E-state index contributed by atoms with van der Waals surface area (Å²) in [7, 11) is 1.65. The number of hydrogen-bond acceptors (Lipinski definition) is 3. The third-order valence-corrected chi connectivity index (χ3v) is 3.03. The summed E-state index contributed by atoms with van der Waals surface area (Å²) < 4.78 is 8.27. The summed E-state index contributed by atoms with van der Waals surface area (Å²) >= 11 is 3.45. The second-order valence-electron chi connectivity index (χ2n) is 3.79. The van der Waals surface area contributed by atoms with Crippen molar-refractivity contribution < 1.29 is 4.74 Å². The Hall–Kier alpha value is -1.33. The van der Waals surface area contributed by atoms with Crippen molar-refractivity contribution >= 4 is 15.9 Å². The molecule has 2 N–H and O–H groups in total. The number of nitrogens with zero attached hydrogens (tertiary/aromatic N) is 2. The van der Waals surface area contributed by atoms with E-state index in [1.807, 2.05) is 29.7 Å². The molecule has 0 saturated carbocycles. The number of nitrogens with two attached hydrogens (primary N) is 1. The van der Waals surface area contributed by atoms with Crippen molar-refractivity contribution in [3.8, 4) is 11.4 Å². The number of benzene rings is 1. The lowest BCUT2D eigenvalue weighted by molar-refractivity contribution is 0.412. The first kappa shape index (κ1) is 12.1. The number of hydrogen-bond donors (Lipinski definition) is 1. The lowest BCUT2D eigenvalue weighted by Crippen LogP contribution is -2.11. The minimum atomic E-state index is -0.0822. The minimum absolute atomic E-state index is 0.0822. The molecule has 5 heteroatoms. The van der Waals surface area contributed by atoms with Crippen molar-refractivity contribution in [2.75, 3.05) is 7.11 Å². The van der Waals surface area contributed by atoms with Gasteiger partial charge in [-0.15, -0.1) is 0 Å². The Morgan fingerprint density at radius 3 is 2.88 bits per heavy atom. The van der Waals surface area contributed by atoms with Crippen molar-refractivity contribution in [1.29, 1.82) is 0 Å². The molecular formula is C12H14BrN3O. The Bertz CT molecular complexity index is 522. The molecule has 0 aliphatic heterocycles. The summed E-state index contributed by atoms with van der Waals surface area (Å²) in [5, 5.41) is 0. The van der Waals surface area contributed by atoms with E-state index in [1.165, 1.54) is 0 Å². The number of methoxy groups -OCH3 is 1. The Morgan fingerprint density at radius 2 is 2.24 bits per heavy atom. The zero-order valence-corrected chi connectivity index (χ0v) is 11.3. The van der Waals surface area contributed by atoms with Crippen LogP contribution in [0.4, 0.5) is 0 Å². The molecule has 0 saturated heterocycles. The number of imidazole rings is 1. The summed E-state index contributed by atoms with van der Waals surface area (Å²) in [5.74, 6) is 0.785. The van der Waals surface area contributed by atoms with Crippen LogP contribution in [-0.4, -0.2) is 16.7 Å². The van der Waals surface area contributed by atoms with Crippen molar-refractivity contribution in [2.45, 2.75) is 13.0 Å². The van der Waals surface area contributed by atoms with Crippen LogP contribution in [0, 0.1) is 0 Å². The number of ether oxygens (including phenoxy) is 1. The molecule has 1 atom stereocenters. The smallest absolute Gasteiger partial charge is 0.142 e. The van der Waals surface area contributed by atoms with Gasteiger partial charge in [-0.2, -0.15) is 0 Å². The molecule has 0 bridgehead atoms. The van der Waals surface area contributed by atoms with E-state index >= 15 is 0 Å². The second kappa shape index (κ2) is 4.89. The summed E-state index contributed by atoms with van der Waals surface area (Å²) in [6.45, 7) is 1.93. The highest BCUT2D eigenvalue weighted by Gasteiger charge is 2.12. The average molecular weight is 296 g/mol. The van der Waals surface area contributed by atoms with Gasteiger partial charge in [-0.25, -0.2) is 4.98 Å². The van der Waals surface area contributed by atoms with Gasteiger partial charge in [-0.05, 0) is 25.1 Å². The molecular weight excluding hydrogens is 282 g/mol. The molecule has 1 aromatic heterocycles. The van der Waals surface area contributed by atoms with Crippen molar-refractivity contribution in [2.24, 2.45) is 5.73 Å². The summed E-state index contributed by atoms with van der Waals surface area (Å²) in [4.78, 5) is 4.14. The van der Waals surface area contributed by atoms with E-state index < -0.39 is 0 Å². The third kappa shape index (κ3) is 2.35. The van der Waals surface area contributed by atoms with Crippen molar-refractivity contribution in [3.63, 3.8) is 0 Å². The van der Waals surface area contributed by atoms with Crippen LogP contribution in [-0.2, 0) is 0 Å². The van der Waals surface area contributed by atoms with E-state index in [1.54, 1.807) is 19.6 Å². The van der Waals surface area contributed by atoms with Gasteiger partial charge in [0.2, 0.25) is 0 Å². The Labute approximate surface area is 109 Å². The molecule has 0 spiro atoms. The van der Waals surface area contributed by atoms with Gasteiger partial charge in [0.05, 0.1) is 31.0 Å². The third-order valence-electron chi connectivity index (χ3n) is 2.53. The molecule has 1 heterocycles. The normalized spacial score (nSPS) is 12.5. The average Bonchev–Trinajstić information content (AvgIpc) is 2.77. The molecule has 0 aliphatic rings. The molecule has 1 aromatic carbocycles. The SMILES string of the molecule is COc1ccc(Br)cc1-n1cncc1[C@H](C)N. The monoisotopic (exact) mass is 295 g/mol. The molecule has 2 aromatic rings. The Morgan fingerprint density at radius 1 is 1.47 bits per heavy atom. The summed E-state index contributed by atoms with van der Waals surface area (Å²) in [6, 6.07) is 5.74. The maximum Gasteiger partial charge on any atom is 0.142 e. The summed E-state index contributed by atoms with van der Waals surface area (Å²) in [5.41, 5.74) is 7.78. The van der Waals surface area contributed by atoms with Gasteiger partial charge in [0, 0.05) is 10.5 Å². The number of rotatable bonds is 3. The van der Waals surface area contributed by atoms with Crippen LogP contribution in [0.1, 0.15) is 18.7 Å². The molecule has 4 nitrogen and oxygen atoms in total. The fourth-order valence-corrected chi connectivity index (χ4v) is 2.04. The highest BCUT2D eigenvalue weighted by Crippen LogP contribution is 2.28. The largest absolute Gasteiger partial charge is 0.495 e. The van der Waals surface area contributed by atoms with Crippen molar-refractivity contribution in [1.82, 2.24) is 9.55 Å². The van der Waals surface area contributed by atoms with Crippen LogP contribution in [0.5, 0.6) is 5.75 Å². The van der Waals surface area contributed by atoms with Crippen LogP contribution in [0.2, 0.25) is 0 Å². The van der Waals surface area contributed by atoms with Crippen LogP contribution >= 0.6 is 15.9 Å². The number of halogens is 1. The topological polar surface area (TPSA) is 53.1 Å². The molecule has 90 valence electrons. The predicted molar refractivity (Wildman–Crippen MR) is 70.4 cm³/mol. The van der Waals surface area contributed by atoms with Gasteiger partial charge >= 0.3 is 0 Å². The zero-order valence-electron chi connectivity index (χ0n) is 9.72. The van der Waals surface area contributed by atoms with Gasteiger partial charge in [-0.3, -0.25) is 4.57 Å². The van der Waals surface area contributed by atoms with Gasteiger partial charge in [0.25, 0.3) is 0 Å². The van der Waals surface area contributed by atoms with E-state index in [0.29, 0.717) is 0 Å². The molecule has 0 amide bonds. The van der Waals surface area contributed by atoms with Crippen LogP contribution in [0.15, 0.2) is 35.2 Å². The molecule has 0 aliphatic carbocycles. The number of aromatic nitrogens is 2. The Kier molecular flexibility index (Phi) is 3.49. The highest BCUT2D eigenvalue weighted by molar-refractivity contribution is 9.10. The quantitative estimate of drug-likeness (QED) is 0.947. The van der Waals surface area contributed by atoms with E-state index in [2.05, 4.69) is 20.9 Å². The molecule has 0 unspecified atom stereocenters. The lowest BCUT2D eigenvalue weighted by Gasteiger charge is -2.14. The molecule has 17 heavy (non-hydrogen) atoms. The standard InChI is InChI=1S/C12H14BrN3O/c1-8(14)11-6-15-7-16(11)10-5-9(13)3-4-12(10)17-2/h3-8H,14H2,1-2H3/t8-/m0/s1. The molecule has 0 fully saturated rings. The van der Waals surface area contributed by atoms with Crippen LogP contribution in [0.3, 0.4) is 0 Å². The predicted octanol–water partition coefficient (Wildman–Crippen LogP) is 2.66. The fraction of sp³-hybridized carbons (Fsp3) is 0.250. The lowest BCUT2D eigenvalue weighted by atomic mass is 10.2. The maximum atomic E-state index is 5.91. The first-order valence-corrected chi connectivity index (χ1v) is 6.04. The minimum Gasteiger partial charge on any atom is -0.495 e.